The fourth-order valence-electron chi connectivity index (χ4n) is 2.22. The average Bonchev–Trinajstić information content (AvgIpc) is 2.31. The van der Waals surface area contributed by atoms with Gasteiger partial charge in [0.05, 0.1) is 0 Å². The van der Waals surface area contributed by atoms with Gasteiger partial charge in [0.25, 0.3) is 0 Å². The smallest absolute Gasteiger partial charge is 0.00437 e. The van der Waals surface area contributed by atoms with Crippen molar-refractivity contribution in [3.8, 4) is 0 Å². The van der Waals surface area contributed by atoms with Crippen molar-refractivity contribution >= 4 is 0 Å². The molecule has 78 valence electrons. The summed E-state index contributed by atoms with van der Waals surface area (Å²) in [6.07, 6.45) is 6.83. The van der Waals surface area contributed by atoms with E-state index in [-0.39, 0.29) is 0 Å². The molecule has 13 heavy (non-hydrogen) atoms. The molecule has 2 N–H and O–H groups in total. The summed E-state index contributed by atoms with van der Waals surface area (Å²) in [4.78, 5) is 0. The van der Waals surface area contributed by atoms with E-state index >= 15 is 0 Å². The SMILES string of the molecule is CNCCCC1(C)CCCNCC1. The third kappa shape index (κ3) is 4.10. The van der Waals surface area contributed by atoms with E-state index in [1.54, 1.807) is 0 Å². The highest BCUT2D eigenvalue weighted by atomic mass is 14.9. The van der Waals surface area contributed by atoms with E-state index in [0.29, 0.717) is 5.41 Å². The summed E-state index contributed by atoms with van der Waals surface area (Å²) in [5.74, 6) is 0. The van der Waals surface area contributed by atoms with Gasteiger partial charge in [-0.1, -0.05) is 6.92 Å². The highest BCUT2D eigenvalue weighted by Crippen LogP contribution is 2.33. The van der Waals surface area contributed by atoms with Gasteiger partial charge >= 0.3 is 0 Å². The summed E-state index contributed by atoms with van der Waals surface area (Å²) in [6, 6.07) is 0. The molecule has 1 rings (SSSR count). The van der Waals surface area contributed by atoms with Crippen molar-refractivity contribution in [2.45, 2.75) is 39.0 Å². The summed E-state index contributed by atoms with van der Waals surface area (Å²) in [5, 5.41) is 6.70. The molecule has 1 atom stereocenters. The average molecular weight is 184 g/mol. The minimum Gasteiger partial charge on any atom is -0.320 e. The molecular weight excluding hydrogens is 160 g/mol. The number of hydrogen-bond acceptors (Lipinski definition) is 2. The zero-order chi connectivity index (χ0) is 9.57. The highest BCUT2D eigenvalue weighted by Gasteiger charge is 2.24. The van der Waals surface area contributed by atoms with Crippen molar-refractivity contribution < 1.29 is 0 Å². The third-order valence-corrected chi connectivity index (χ3v) is 3.25. The van der Waals surface area contributed by atoms with Crippen LogP contribution in [0.25, 0.3) is 0 Å². The van der Waals surface area contributed by atoms with Crippen molar-refractivity contribution in [1.29, 1.82) is 0 Å². The molecule has 1 fully saturated rings. The number of rotatable bonds is 4. The van der Waals surface area contributed by atoms with E-state index in [4.69, 9.17) is 0 Å². The summed E-state index contributed by atoms with van der Waals surface area (Å²) < 4.78 is 0. The zero-order valence-electron chi connectivity index (χ0n) is 9.16. The molecule has 0 aromatic rings. The molecule has 1 aliphatic heterocycles. The molecule has 0 aliphatic carbocycles. The van der Waals surface area contributed by atoms with Gasteiger partial charge in [0.15, 0.2) is 0 Å². The first-order chi connectivity index (χ1) is 6.27. The van der Waals surface area contributed by atoms with Gasteiger partial charge in [0, 0.05) is 0 Å². The Morgan fingerprint density at radius 3 is 2.92 bits per heavy atom. The lowest BCUT2D eigenvalue weighted by Gasteiger charge is -2.27. The summed E-state index contributed by atoms with van der Waals surface area (Å²) in [6.45, 7) is 6.07. The molecule has 0 bridgehead atoms. The van der Waals surface area contributed by atoms with E-state index in [1.165, 1.54) is 51.7 Å². The summed E-state index contributed by atoms with van der Waals surface area (Å²) in [7, 11) is 2.04. The van der Waals surface area contributed by atoms with Gasteiger partial charge in [0.2, 0.25) is 0 Å². The molecule has 1 aliphatic rings. The molecule has 0 amide bonds. The van der Waals surface area contributed by atoms with E-state index in [1.807, 2.05) is 7.05 Å². The molecular formula is C11H24N2. The molecule has 1 heterocycles. The first kappa shape index (κ1) is 11.0. The Labute approximate surface area is 82.5 Å². The molecule has 0 aromatic heterocycles. The molecule has 0 spiro atoms. The fraction of sp³-hybridized carbons (Fsp3) is 1.00. The molecule has 0 saturated carbocycles. The summed E-state index contributed by atoms with van der Waals surface area (Å²) in [5.41, 5.74) is 0.611. The Morgan fingerprint density at radius 2 is 2.15 bits per heavy atom. The fourth-order valence-corrected chi connectivity index (χ4v) is 2.22. The van der Waals surface area contributed by atoms with Gasteiger partial charge in [-0.25, -0.2) is 0 Å². The van der Waals surface area contributed by atoms with Crippen LogP contribution in [-0.4, -0.2) is 26.7 Å². The Hall–Kier alpha value is -0.0800. The second-order valence-corrected chi connectivity index (χ2v) is 4.62. The van der Waals surface area contributed by atoms with Crippen LogP contribution in [0, 0.1) is 5.41 Å². The van der Waals surface area contributed by atoms with E-state index in [9.17, 15) is 0 Å². The quantitative estimate of drug-likeness (QED) is 0.651. The molecule has 2 nitrogen and oxygen atoms in total. The van der Waals surface area contributed by atoms with Gasteiger partial charge in [0.1, 0.15) is 0 Å². The maximum Gasteiger partial charge on any atom is -0.00437 e. The largest absolute Gasteiger partial charge is 0.320 e. The van der Waals surface area contributed by atoms with Crippen molar-refractivity contribution in [3.63, 3.8) is 0 Å². The predicted molar refractivity (Wildman–Crippen MR) is 58.0 cm³/mol. The minimum atomic E-state index is 0.611. The lowest BCUT2D eigenvalue weighted by molar-refractivity contribution is 0.255. The lowest BCUT2D eigenvalue weighted by atomic mass is 9.79. The van der Waals surface area contributed by atoms with Gasteiger partial charge < -0.3 is 10.6 Å². The molecule has 1 saturated heterocycles. The predicted octanol–water partition coefficient (Wildman–Crippen LogP) is 1.77. The Balaban J connectivity index is 2.25. The van der Waals surface area contributed by atoms with Crippen LogP contribution in [0.1, 0.15) is 39.0 Å². The van der Waals surface area contributed by atoms with Crippen molar-refractivity contribution in [2.75, 3.05) is 26.7 Å². The van der Waals surface area contributed by atoms with Crippen LogP contribution in [0.4, 0.5) is 0 Å². The minimum absolute atomic E-state index is 0.611. The lowest BCUT2D eigenvalue weighted by Crippen LogP contribution is -2.21. The van der Waals surface area contributed by atoms with Gasteiger partial charge in [-0.05, 0) is 64.2 Å². The van der Waals surface area contributed by atoms with Gasteiger partial charge in [-0.15, -0.1) is 0 Å². The third-order valence-electron chi connectivity index (χ3n) is 3.25. The second-order valence-electron chi connectivity index (χ2n) is 4.62. The Bertz CT molecular complexity index is 126. The van der Waals surface area contributed by atoms with Crippen LogP contribution in [0.15, 0.2) is 0 Å². The van der Waals surface area contributed by atoms with Crippen LogP contribution in [-0.2, 0) is 0 Å². The molecule has 0 radical (unpaired) electrons. The zero-order valence-corrected chi connectivity index (χ0v) is 9.16. The van der Waals surface area contributed by atoms with Crippen LogP contribution in [0.2, 0.25) is 0 Å². The molecule has 1 unspecified atom stereocenters. The van der Waals surface area contributed by atoms with Gasteiger partial charge in [-0.2, -0.15) is 0 Å². The normalized spacial score (nSPS) is 30.0. The maximum atomic E-state index is 3.48. The second kappa shape index (κ2) is 5.61. The monoisotopic (exact) mass is 184 g/mol. The van der Waals surface area contributed by atoms with E-state index < -0.39 is 0 Å². The van der Waals surface area contributed by atoms with Crippen LogP contribution < -0.4 is 10.6 Å². The Morgan fingerprint density at radius 1 is 1.31 bits per heavy atom. The molecule has 2 heteroatoms. The number of hydrogen-bond donors (Lipinski definition) is 2. The van der Waals surface area contributed by atoms with E-state index in [2.05, 4.69) is 17.6 Å². The maximum absolute atomic E-state index is 3.48. The highest BCUT2D eigenvalue weighted by molar-refractivity contribution is 4.78. The van der Waals surface area contributed by atoms with Crippen LogP contribution >= 0.6 is 0 Å². The number of nitrogens with one attached hydrogen (secondary N) is 2. The van der Waals surface area contributed by atoms with Gasteiger partial charge in [-0.3, -0.25) is 0 Å². The topological polar surface area (TPSA) is 24.1 Å². The first-order valence-corrected chi connectivity index (χ1v) is 5.62. The van der Waals surface area contributed by atoms with E-state index in [0.717, 1.165) is 0 Å². The van der Waals surface area contributed by atoms with Crippen molar-refractivity contribution in [1.82, 2.24) is 10.6 Å². The Kier molecular flexibility index (Phi) is 4.74. The first-order valence-electron chi connectivity index (χ1n) is 5.62. The van der Waals surface area contributed by atoms with Crippen molar-refractivity contribution in [2.24, 2.45) is 5.41 Å². The molecule has 0 aromatic carbocycles. The summed E-state index contributed by atoms with van der Waals surface area (Å²) >= 11 is 0. The standard InChI is InChI=1S/C11H24N2/c1-11(5-3-8-12-2)6-4-9-13-10-7-11/h12-13H,3-10H2,1-2H3. The van der Waals surface area contributed by atoms with Crippen LogP contribution in [0.3, 0.4) is 0 Å². The van der Waals surface area contributed by atoms with Crippen LogP contribution in [0.5, 0.6) is 0 Å². The van der Waals surface area contributed by atoms with Crippen molar-refractivity contribution in [3.05, 3.63) is 0 Å².